The molecule has 0 bridgehead atoms. The highest BCUT2D eigenvalue weighted by atomic mass is 15.2. The lowest BCUT2D eigenvalue weighted by molar-refractivity contribution is 0.624. The van der Waals surface area contributed by atoms with E-state index in [1.807, 2.05) is 33.4 Å². The average molecular weight is 228 g/mol. The van der Waals surface area contributed by atoms with E-state index in [1.165, 1.54) is 0 Å². The van der Waals surface area contributed by atoms with Gasteiger partial charge in [-0.15, -0.1) is 20.4 Å². The number of nitrogens with zero attached hydrogens (tertiary/aromatic N) is 6. The third-order valence-corrected chi connectivity index (χ3v) is 2.67. The second-order valence-electron chi connectivity index (χ2n) is 3.85. The summed E-state index contributed by atoms with van der Waals surface area (Å²) in [5.41, 5.74) is 0.895. The summed E-state index contributed by atoms with van der Waals surface area (Å²) in [6, 6.07) is 5.90. The molecule has 6 nitrogen and oxygen atoms in total. The minimum atomic E-state index is 0.892. The average Bonchev–Trinajstić information content (AvgIpc) is 2.99. The molecule has 0 saturated carbocycles. The van der Waals surface area contributed by atoms with Crippen LogP contribution in [-0.4, -0.2) is 29.4 Å². The van der Waals surface area contributed by atoms with E-state index in [2.05, 4.69) is 20.4 Å². The van der Waals surface area contributed by atoms with Gasteiger partial charge in [-0.1, -0.05) is 6.07 Å². The van der Waals surface area contributed by atoms with Gasteiger partial charge in [-0.25, -0.2) is 0 Å². The summed E-state index contributed by atoms with van der Waals surface area (Å²) in [5.74, 6) is 0.994. The Kier molecular flexibility index (Phi) is 2.53. The maximum absolute atomic E-state index is 4.19. The molecule has 3 rings (SSSR count). The molecule has 3 aromatic rings. The zero-order valence-corrected chi connectivity index (χ0v) is 9.27. The van der Waals surface area contributed by atoms with Crippen molar-refractivity contribution in [1.82, 2.24) is 29.4 Å². The van der Waals surface area contributed by atoms with Crippen LogP contribution in [0.25, 0.3) is 5.65 Å². The van der Waals surface area contributed by atoms with E-state index in [0.29, 0.717) is 0 Å². The number of fused-ring (bicyclic) bond motifs is 1. The molecule has 0 amide bonds. The summed E-state index contributed by atoms with van der Waals surface area (Å²) in [4.78, 5) is 0. The van der Waals surface area contributed by atoms with Crippen molar-refractivity contribution in [1.29, 1.82) is 0 Å². The number of hydrogen-bond acceptors (Lipinski definition) is 4. The zero-order chi connectivity index (χ0) is 11.5. The van der Waals surface area contributed by atoms with Gasteiger partial charge in [0, 0.05) is 19.2 Å². The molecule has 0 aliphatic rings. The van der Waals surface area contributed by atoms with Crippen molar-refractivity contribution in [3.63, 3.8) is 0 Å². The molecule has 6 heteroatoms. The summed E-state index contributed by atoms with van der Waals surface area (Å²) in [7, 11) is 0. The van der Waals surface area contributed by atoms with E-state index in [1.54, 1.807) is 12.7 Å². The summed E-state index contributed by atoms with van der Waals surface area (Å²) in [6.07, 6.45) is 7.32. The van der Waals surface area contributed by atoms with E-state index in [4.69, 9.17) is 0 Å². The first-order chi connectivity index (χ1) is 8.43. The van der Waals surface area contributed by atoms with Crippen molar-refractivity contribution in [3.8, 4) is 0 Å². The number of pyridine rings is 1. The van der Waals surface area contributed by atoms with E-state index in [-0.39, 0.29) is 0 Å². The third-order valence-electron chi connectivity index (χ3n) is 2.67. The first-order valence-electron chi connectivity index (χ1n) is 5.54. The van der Waals surface area contributed by atoms with Crippen LogP contribution in [-0.2, 0) is 13.0 Å². The van der Waals surface area contributed by atoms with Crippen molar-refractivity contribution < 1.29 is 0 Å². The highest BCUT2D eigenvalue weighted by Gasteiger charge is 2.03. The highest BCUT2D eigenvalue weighted by Crippen LogP contribution is 2.05. The molecule has 0 radical (unpaired) electrons. The lowest BCUT2D eigenvalue weighted by atomic mass is 10.3. The maximum atomic E-state index is 4.19. The van der Waals surface area contributed by atoms with Crippen LogP contribution in [0.2, 0.25) is 0 Å². The standard InChI is InChI=1S/C11H12N6/c1-2-7-17-10(4-1)14-15-11(17)5-3-6-16-8-12-13-9-16/h1-2,4,7-9H,3,5-6H2. The van der Waals surface area contributed by atoms with Crippen molar-refractivity contribution >= 4 is 5.65 Å². The number of hydrogen-bond donors (Lipinski definition) is 0. The second-order valence-corrected chi connectivity index (χ2v) is 3.85. The lowest BCUT2D eigenvalue weighted by Gasteiger charge is -2.00. The van der Waals surface area contributed by atoms with Gasteiger partial charge in [-0.05, 0) is 18.6 Å². The van der Waals surface area contributed by atoms with Crippen LogP contribution in [0.3, 0.4) is 0 Å². The van der Waals surface area contributed by atoms with Crippen molar-refractivity contribution in [2.45, 2.75) is 19.4 Å². The molecule has 0 fully saturated rings. The van der Waals surface area contributed by atoms with E-state index < -0.39 is 0 Å². The van der Waals surface area contributed by atoms with Crippen molar-refractivity contribution in [3.05, 3.63) is 42.9 Å². The molecule has 17 heavy (non-hydrogen) atoms. The molecule has 0 aliphatic heterocycles. The van der Waals surface area contributed by atoms with Gasteiger partial charge >= 0.3 is 0 Å². The molecular weight excluding hydrogens is 216 g/mol. The van der Waals surface area contributed by atoms with Gasteiger partial charge in [0.2, 0.25) is 0 Å². The summed E-state index contributed by atoms with van der Waals surface area (Å²) in [5, 5.41) is 15.8. The van der Waals surface area contributed by atoms with Crippen LogP contribution in [0.1, 0.15) is 12.2 Å². The summed E-state index contributed by atoms with van der Waals surface area (Å²) >= 11 is 0. The first kappa shape index (κ1) is 9.95. The number of rotatable bonds is 4. The fraction of sp³-hybridized carbons (Fsp3) is 0.273. The normalized spacial score (nSPS) is 11.1. The number of aromatic nitrogens is 6. The topological polar surface area (TPSA) is 60.9 Å². The van der Waals surface area contributed by atoms with Gasteiger partial charge in [-0.3, -0.25) is 4.40 Å². The lowest BCUT2D eigenvalue weighted by Crippen LogP contribution is -2.00. The van der Waals surface area contributed by atoms with Crippen LogP contribution in [0.5, 0.6) is 0 Å². The molecule has 0 aliphatic carbocycles. The van der Waals surface area contributed by atoms with Gasteiger partial charge in [0.15, 0.2) is 5.65 Å². The van der Waals surface area contributed by atoms with Gasteiger partial charge in [0.05, 0.1) is 0 Å². The van der Waals surface area contributed by atoms with Crippen LogP contribution < -0.4 is 0 Å². The van der Waals surface area contributed by atoms with Crippen molar-refractivity contribution in [2.24, 2.45) is 0 Å². The minimum absolute atomic E-state index is 0.892. The van der Waals surface area contributed by atoms with Crippen LogP contribution in [0.15, 0.2) is 37.1 Å². The maximum Gasteiger partial charge on any atom is 0.160 e. The Morgan fingerprint density at radius 2 is 1.94 bits per heavy atom. The van der Waals surface area contributed by atoms with E-state index >= 15 is 0 Å². The Balaban J connectivity index is 1.69. The quantitative estimate of drug-likeness (QED) is 0.667. The van der Waals surface area contributed by atoms with Gasteiger partial charge in [-0.2, -0.15) is 0 Å². The smallest absolute Gasteiger partial charge is 0.160 e. The van der Waals surface area contributed by atoms with Gasteiger partial charge in [0.1, 0.15) is 18.5 Å². The fourth-order valence-electron chi connectivity index (χ4n) is 1.82. The molecular formula is C11H12N6. The van der Waals surface area contributed by atoms with E-state index in [0.717, 1.165) is 30.9 Å². The fourth-order valence-corrected chi connectivity index (χ4v) is 1.82. The summed E-state index contributed by atoms with van der Waals surface area (Å²) < 4.78 is 3.98. The third kappa shape index (κ3) is 2.01. The highest BCUT2D eigenvalue weighted by molar-refractivity contribution is 5.36. The Hall–Kier alpha value is -2.24. The molecule has 3 aromatic heterocycles. The van der Waals surface area contributed by atoms with Crippen LogP contribution in [0, 0.1) is 0 Å². The monoisotopic (exact) mass is 228 g/mol. The predicted molar refractivity (Wildman–Crippen MR) is 61.3 cm³/mol. The van der Waals surface area contributed by atoms with Crippen LogP contribution in [0.4, 0.5) is 0 Å². The Morgan fingerprint density at radius 3 is 2.82 bits per heavy atom. The number of aryl methyl sites for hydroxylation is 2. The van der Waals surface area contributed by atoms with Crippen molar-refractivity contribution in [2.75, 3.05) is 0 Å². The van der Waals surface area contributed by atoms with Gasteiger partial charge < -0.3 is 4.57 Å². The first-order valence-corrected chi connectivity index (χ1v) is 5.54. The molecule has 0 spiro atoms. The molecule has 3 heterocycles. The molecule has 0 saturated heterocycles. The Morgan fingerprint density at radius 1 is 1.06 bits per heavy atom. The molecule has 86 valence electrons. The second kappa shape index (κ2) is 4.32. The molecule has 0 unspecified atom stereocenters. The minimum Gasteiger partial charge on any atom is -0.320 e. The Bertz CT molecular complexity index is 597. The molecule has 0 atom stereocenters. The zero-order valence-electron chi connectivity index (χ0n) is 9.27. The largest absolute Gasteiger partial charge is 0.320 e. The SMILES string of the molecule is c1ccn2c(CCCn3cnnc3)nnc2c1. The van der Waals surface area contributed by atoms with Crippen LogP contribution >= 0.6 is 0 Å². The molecule has 0 aromatic carbocycles. The van der Waals surface area contributed by atoms with E-state index in [9.17, 15) is 0 Å². The Labute approximate surface area is 97.9 Å². The van der Waals surface area contributed by atoms with Gasteiger partial charge in [0.25, 0.3) is 0 Å². The molecule has 0 N–H and O–H groups in total. The summed E-state index contributed by atoms with van der Waals surface area (Å²) in [6.45, 7) is 0.898. The predicted octanol–water partition coefficient (Wildman–Crippen LogP) is 0.954.